The van der Waals surface area contributed by atoms with Crippen molar-refractivity contribution in [1.29, 1.82) is 0 Å². The highest BCUT2D eigenvalue weighted by molar-refractivity contribution is 5.84. The smallest absolute Gasteiger partial charge is 0.329 e. The highest BCUT2D eigenvalue weighted by Crippen LogP contribution is 2.20. The van der Waals surface area contributed by atoms with Gasteiger partial charge in [-0.15, -0.1) is 0 Å². The molecule has 0 aromatic heterocycles. The van der Waals surface area contributed by atoms with Crippen LogP contribution in [0.3, 0.4) is 0 Å². The van der Waals surface area contributed by atoms with E-state index in [4.69, 9.17) is 4.74 Å². The SMILES string of the molecule is CCNC(=O)N1CCCC1C(=O)OC(C)(C)C. The summed E-state index contributed by atoms with van der Waals surface area (Å²) in [6.45, 7) is 8.53. The monoisotopic (exact) mass is 242 g/mol. The molecule has 5 heteroatoms. The number of likely N-dealkylation sites (tertiary alicyclic amines) is 1. The van der Waals surface area contributed by atoms with Crippen molar-refractivity contribution in [3.05, 3.63) is 0 Å². The van der Waals surface area contributed by atoms with Gasteiger partial charge in [-0.1, -0.05) is 0 Å². The molecule has 1 N–H and O–H groups in total. The van der Waals surface area contributed by atoms with Crippen LogP contribution in [0.15, 0.2) is 0 Å². The molecule has 0 spiro atoms. The molecule has 1 rings (SSSR count). The van der Waals surface area contributed by atoms with Crippen LogP contribution in [0.1, 0.15) is 40.5 Å². The molecule has 2 amide bonds. The standard InChI is InChI=1S/C12H22N2O3/c1-5-13-11(16)14-8-6-7-9(14)10(15)17-12(2,3)4/h9H,5-8H2,1-4H3,(H,13,16). The number of hydrogen-bond acceptors (Lipinski definition) is 3. The molecule has 1 saturated heterocycles. The van der Waals surface area contributed by atoms with Gasteiger partial charge in [0.2, 0.25) is 0 Å². The molecule has 1 fully saturated rings. The summed E-state index contributed by atoms with van der Waals surface area (Å²) in [4.78, 5) is 25.2. The Balaban J connectivity index is 2.63. The average Bonchev–Trinajstić information content (AvgIpc) is 2.63. The van der Waals surface area contributed by atoms with Crippen molar-refractivity contribution in [2.75, 3.05) is 13.1 Å². The van der Waals surface area contributed by atoms with Crippen LogP contribution in [0.4, 0.5) is 4.79 Å². The molecule has 17 heavy (non-hydrogen) atoms. The van der Waals surface area contributed by atoms with Crippen LogP contribution >= 0.6 is 0 Å². The number of urea groups is 1. The predicted octanol–water partition coefficient (Wildman–Crippen LogP) is 1.52. The summed E-state index contributed by atoms with van der Waals surface area (Å²) in [6.07, 6.45) is 1.53. The van der Waals surface area contributed by atoms with Gasteiger partial charge in [0.1, 0.15) is 11.6 Å². The Kier molecular flexibility index (Phi) is 4.37. The second kappa shape index (κ2) is 5.38. The number of amides is 2. The Labute approximate surface area is 102 Å². The van der Waals surface area contributed by atoms with Gasteiger partial charge in [-0.2, -0.15) is 0 Å². The Hall–Kier alpha value is -1.26. The quantitative estimate of drug-likeness (QED) is 0.747. The van der Waals surface area contributed by atoms with Crippen molar-refractivity contribution < 1.29 is 14.3 Å². The van der Waals surface area contributed by atoms with Crippen molar-refractivity contribution in [1.82, 2.24) is 10.2 Å². The minimum Gasteiger partial charge on any atom is -0.458 e. The number of hydrogen-bond donors (Lipinski definition) is 1. The third-order valence-corrected chi connectivity index (χ3v) is 2.52. The molecule has 1 unspecified atom stereocenters. The van der Waals surface area contributed by atoms with E-state index in [1.165, 1.54) is 0 Å². The fraction of sp³-hybridized carbons (Fsp3) is 0.833. The van der Waals surface area contributed by atoms with E-state index in [-0.39, 0.29) is 12.0 Å². The van der Waals surface area contributed by atoms with Crippen LogP contribution in [-0.4, -0.2) is 41.6 Å². The van der Waals surface area contributed by atoms with Gasteiger partial charge in [-0.05, 0) is 40.5 Å². The molecule has 0 radical (unpaired) electrons. The fourth-order valence-corrected chi connectivity index (χ4v) is 1.88. The maximum atomic E-state index is 11.9. The molecule has 5 nitrogen and oxygen atoms in total. The van der Waals surface area contributed by atoms with E-state index in [0.717, 1.165) is 6.42 Å². The van der Waals surface area contributed by atoms with Gasteiger partial charge in [0.05, 0.1) is 0 Å². The Morgan fingerprint density at radius 1 is 1.41 bits per heavy atom. The zero-order valence-electron chi connectivity index (χ0n) is 11.1. The largest absolute Gasteiger partial charge is 0.458 e. The first-order chi connectivity index (χ1) is 7.85. The molecule has 0 bridgehead atoms. The van der Waals surface area contributed by atoms with Gasteiger partial charge >= 0.3 is 12.0 Å². The second-order valence-corrected chi connectivity index (χ2v) is 5.22. The minimum absolute atomic E-state index is 0.180. The Morgan fingerprint density at radius 2 is 2.06 bits per heavy atom. The highest BCUT2D eigenvalue weighted by Gasteiger charge is 2.36. The normalized spacial score (nSPS) is 20.2. The van der Waals surface area contributed by atoms with Crippen molar-refractivity contribution in [3.63, 3.8) is 0 Å². The van der Waals surface area contributed by atoms with E-state index in [1.807, 2.05) is 27.7 Å². The molecule has 0 saturated carbocycles. The first-order valence-corrected chi connectivity index (χ1v) is 6.12. The maximum Gasteiger partial charge on any atom is 0.329 e. The molecule has 1 aliphatic rings. The maximum absolute atomic E-state index is 11.9. The number of nitrogens with one attached hydrogen (secondary N) is 1. The Morgan fingerprint density at radius 3 is 2.59 bits per heavy atom. The van der Waals surface area contributed by atoms with Gasteiger partial charge in [0, 0.05) is 13.1 Å². The number of rotatable bonds is 2. The van der Waals surface area contributed by atoms with E-state index >= 15 is 0 Å². The molecule has 1 atom stereocenters. The summed E-state index contributed by atoms with van der Waals surface area (Å²) < 4.78 is 5.32. The summed E-state index contributed by atoms with van der Waals surface area (Å²) in [7, 11) is 0. The zero-order valence-corrected chi connectivity index (χ0v) is 11.1. The van der Waals surface area contributed by atoms with Gasteiger partial charge in [-0.3, -0.25) is 0 Å². The van der Waals surface area contributed by atoms with Gasteiger partial charge in [0.25, 0.3) is 0 Å². The van der Waals surface area contributed by atoms with E-state index in [1.54, 1.807) is 4.90 Å². The number of esters is 1. The predicted molar refractivity (Wildman–Crippen MR) is 64.6 cm³/mol. The first-order valence-electron chi connectivity index (χ1n) is 6.12. The lowest BCUT2D eigenvalue weighted by molar-refractivity contribution is -0.159. The molecular weight excluding hydrogens is 220 g/mol. The second-order valence-electron chi connectivity index (χ2n) is 5.22. The van der Waals surface area contributed by atoms with E-state index in [9.17, 15) is 9.59 Å². The Bertz CT molecular complexity index is 297. The third kappa shape index (κ3) is 3.91. The third-order valence-electron chi connectivity index (χ3n) is 2.52. The van der Waals surface area contributed by atoms with Crippen LogP contribution < -0.4 is 5.32 Å². The summed E-state index contributed by atoms with van der Waals surface area (Å²) in [5.41, 5.74) is -0.507. The van der Waals surface area contributed by atoms with Crippen molar-refractivity contribution >= 4 is 12.0 Å². The average molecular weight is 242 g/mol. The lowest BCUT2D eigenvalue weighted by Gasteiger charge is -2.27. The van der Waals surface area contributed by atoms with Crippen LogP contribution in [0, 0.1) is 0 Å². The topological polar surface area (TPSA) is 58.6 Å². The molecule has 0 aromatic carbocycles. The van der Waals surface area contributed by atoms with E-state index in [0.29, 0.717) is 19.5 Å². The van der Waals surface area contributed by atoms with Crippen molar-refractivity contribution in [3.8, 4) is 0 Å². The number of nitrogens with zero attached hydrogens (tertiary/aromatic N) is 1. The van der Waals surface area contributed by atoms with E-state index < -0.39 is 11.6 Å². The molecule has 1 heterocycles. The minimum atomic E-state index is -0.507. The number of ether oxygens (including phenoxy) is 1. The molecule has 98 valence electrons. The lowest BCUT2D eigenvalue weighted by Crippen LogP contribution is -2.47. The van der Waals surface area contributed by atoms with Gasteiger partial charge < -0.3 is 15.0 Å². The van der Waals surface area contributed by atoms with Gasteiger partial charge in [-0.25, -0.2) is 9.59 Å². The lowest BCUT2D eigenvalue weighted by atomic mass is 10.1. The number of carbonyl (C=O) groups excluding carboxylic acids is 2. The van der Waals surface area contributed by atoms with Crippen molar-refractivity contribution in [2.24, 2.45) is 0 Å². The van der Waals surface area contributed by atoms with Crippen molar-refractivity contribution in [2.45, 2.75) is 52.2 Å². The summed E-state index contributed by atoms with van der Waals surface area (Å²) in [5.74, 6) is -0.304. The van der Waals surface area contributed by atoms with Crippen LogP contribution in [0.2, 0.25) is 0 Å². The van der Waals surface area contributed by atoms with Crippen LogP contribution in [0.25, 0.3) is 0 Å². The fourth-order valence-electron chi connectivity index (χ4n) is 1.88. The van der Waals surface area contributed by atoms with Crippen LogP contribution in [-0.2, 0) is 9.53 Å². The summed E-state index contributed by atoms with van der Waals surface area (Å²) >= 11 is 0. The molecule has 1 aliphatic heterocycles. The summed E-state index contributed by atoms with van der Waals surface area (Å²) in [6, 6.07) is -0.610. The zero-order chi connectivity index (χ0) is 13.1. The first kappa shape index (κ1) is 13.8. The summed E-state index contributed by atoms with van der Waals surface area (Å²) in [5, 5.41) is 2.71. The highest BCUT2D eigenvalue weighted by atomic mass is 16.6. The number of carbonyl (C=O) groups is 2. The molecule has 0 aliphatic carbocycles. The van der Waals surface area contributed by atoms with E-state index in [2.05, 4.69) is 5.32 Å². The van der Waals surface area contributed by atoms with Crippen LogP contribution in [0.5, 0.6) is 0 Å². The molecular formula is C12H22N2O3. The molecule has 0 aromatic rings. The van der Waals surface area contributed by atoms with Gasteiger partial charge in [0.15, 0.2) is 0 Å².